The summed E-state index contributed by atoms with van der Waals surface area (Å²) < 4.78 is 0. The number of thiazole rings is 1. The molecule has 1 aromatic heterocycles. The van der Waals surface area contributed by atoms with Crippen molar-refractivity contribution in [1.82, 2.24) is 4.98 Å². The number of nitrogens with two attached hydrogens (primary N) is 1. The van der Waals surface area contributed by atoms with Crippen molar-refractivity contribution in [2.45, 2.75) is 62.3 Å². The maximum Gasteiger partial charge on any atom is 0.107 e. The van der Waals surface area contributed by atoms with E-state index >= 15 is 0 Å². The van der Waals surface area contributed by atoms with Crippen molar-refractivity contribution in [3.8, 4) is 0 Å². The first kappa shape index (κ1) is 15.2. The van der Waals surface area contributed by atoms with Gasteiger partial charge in [-0.25, -0.2) is 4.98 Å². The maximum atomic E-state index is 6.37. The average molecular weight is 329 g/mol. The minimum absolute atomic E-state index is 0.192. The van der Waals surface area contributed by atoms with Crippen LogP contribution >= 0.6 is 34.9 Å². The predicted octanol–water partition coefficient (Wildman–Crippen LogP) is 4.41. The van der Waals surface area contributed by atoms with Gasteiger partial charge in [-0.05, 0) is 18.3 Å². The Hall–Kier alpha value is 0.290. The lowest BCUT2D eigenvalue weighted by Crippen LogP contribution is -2.28. The van der Waals surface area contributed by atoms with E-state index in [2.05, 4.69) is 51.2 Å². The third kappa shape index (κ3) is 2.92. The molecule has 0 saturated carbocycles. The third-order valence-corrected chi connectivity index (χ3v) is 9.22. The molecule has 0 radical (unpaired) electrons. The van der Waals surface area contributed by atoms with Crippen molar-refractivity contribution in [2.75, 3.05) is 5.75 Å². The van der Waals surface area contributed by atoms with E-state index in [1.54, 1.807) is 0 Å². The van der Waals surface area contributed by atoms with Gasteiger partial charge in [-0.2, -0.15) is 11.8 Å². The fourth-order valence-corrected chi connectivity index (χ4v) is 7.34. The van der Waals surface area contributed by atoms with Crippen molar-refractivity contribution in [2.24, 2.45) is 11.1 Å². The zero-order valence-electron chi connectivity index (χ0n) is 12.7. The molecule has 3 rings (SSSR count). The van der Waals surface area contributed by atoms with E-state index in [0.717, 1.165) is 18.1 Å². The van der Waals surface area contributed by atoms with Gasteiger partial charge in [0.15, 0.2) is 0 Å². The summed E-state index contributed by atoms with van der Waals surface area (Å²) in [5, 5.41) is 3.35. The highest BCUT2D eigenvalue weighted by molar-refractivity contribution is 8.07. The molecule has 4 atom stereocenters. The summed E-state index contributed by atoms with van der Waals surface area (Å²) in [6.45, 7) is 9.30. The first-order valence-electron chi connectivity index (χ1n) is 7.38. The minimum Gasteiger partial charge on any atom is -0.323 e. The molecular formula is C15H24N2S3. The Kier molecular flexibility index (Phi) is 4.17. The van der Waals surface area contributed by atoms with E-state index < -0.39 is 0 Å². The molecule has 0 bridgehead atoms. The van der Waals surface area contributed by atoms with Gasteiger partial charge in [0.1, 0.15) is 5.01 Å². The monoisotopic (exact) mass is 328 g/mol. The highest BCUT2D eigenvalue weighted by Gasteiger charge is 2.35. The molecule has 5 heteroatoms. The smallest absolute Gasteiger partial charge is 0.107 e. The largest absolute Gasteiger partial charge is 0.323 e. The highest BCUT2D eigenvalue weighted by Crippen LogP contribution is 2.48. The van der Waals surface area contributed by atoms with Gasteiger partial charge < -0.3 is 5.73 Å². The van der Waals surface area contributed by atoms with Crippen LogP contribution in [0.5, 0.6) is 0 Å². The Labute approximate surface area is 134 Å². The molecule has 2 aliphatic rings. The molecule has 1 aliphatic heterocycles. The van der Waals surface area contributed by atoms with Crippen LogP contribution in [-0.2, 0) is 6.42 Å². The highest BCUT2D eigenvalue weighted by atomic mass is 32.2. The summed E-state index contributed by atoms with van der Waals surface area (Å²) in [5.41, 5.74) is 7.96. The Morgan fingerprint density at radius 3 is 2.70 bits per heavy atom. The molecule has 1 saturated heterocycles. The fraction of sp³-hybridized carbons (Fsp3) is 0.800. The van der Waals surface area contributed by atoms with Crippen LogP contribution in [0.3, 0.4) is 0 Å². The van der Waals surface area contributed by atoms with Gasteiger partial charge in [-0.1, -0.05) is 27.7 Å². The number of aromatic nitrogens is 1. The lowest BCUT2D eigenvalue weighted by molar-refractivity contribution is 0.282. The molecule has 4 unspecified atom stereocenters. The van der Waals surface area contributed by atoms with Crippen LogP contribution in [0.1, 0.15) is 61.0 Å². The molecule has 112 valence electrons. The summed E-state index contributed by atoms with van der Waals surface area (Å²) in [4.78, 5) is 6.34. The van der Waals surface area contributed by atoms with Crippen molar-refractivity contribution in [3.05, 3.63) is 15.6 Å². The molecule has 1 aliphatic carbocycles. The van der Waals surface area contributed by atoms with Gasteiger partial charge in [-0.15, -0.1) is 23.1 Å². The van der Waals surface area contributed by atoms with Crippen LogP contribution in [0.15, 0.2) is 0 Å². The van der Waals surface area contributed by atoms with Crippen LogP contribution in [0.4, 0.5) is 0 Å². The Morgan fingerprint density at radius 1 is 1.25 bits per heavy atom. The van der Waals surface area contributed by atoms with Crippen molar-refractivity contribution >= 4 is 34.9 Å². The molecule has 2 nitrogen and oxygen atoms in total. The maximum absolute atomic E-state index is 6.37. The summed E-state index contributed by atoms with van der Waals surface area (Å²) in [6.07, 6.45) is 2.17. The van der Waals surface area contributed by atoms with Gasteiger partial charge in [0.05, 0.1) is 10.9 Å². The van der Waals surface area contributed by atoms with Gasteiger partial charge in [-0.3, -0.25) is 0 Å². The number of hydrogen-bond acceptors (Lipinski definition) is 5. The van der Waals surface area contributed by atoms with E-state index in [4.69, 9.17) is 10.7 Å². The summed E-state index contributed by atoms with van der Waals surface area (Å²) in [6, 6.07) is 0.192. The lowest BCUT2D eigenvalue weighted by Gasteiger charge is -2.32. The minimum atomic E-state index is 0.192. The molecule has 20 heavy (non-hydrogen) atoms. The Morgan fingerprint density at radius 2 is 2.00 bits per heavy atom. The summed E-state index contributed by atoms with van der Waals surface area (Å²) in [7, 11) is 0. The topological polar surface area (TPSA) is 38.9 Å². The first-order chi connectivity index (χ1) is 9.35. The Bertz CT molecular complexity index is 497. The van der Waals surface area contributed by atoms with Crippen LogP contribution < -0.4 is 5.73 Å². The molecule has 0 amide bonds. The number of hydrogen-bond donors (Lipinski definition) is 1. The Balaban J connectivity index is 1.83. The number of nitrogens with zero attached hydrogens (tertiary/aromatic N) is 1. The number of thioether (sulfide) groups is 2. The third-order valence-electron chi connectivity index (χ3n) is 4.33. The van der Waals surface area contributed by atoms with E-state index in [0.29, 0.717) is 15.9 Å². The van der Waals surface area contributed by atoms with Gasteiger partial charge in [0.25, 0.3) is 0 Å². The zero-order chi connectivity index (χ0) is 14.5. The van der Waals surface area contributed by atoms with Crippen molar-refractivity contribution < 1.29 is 0 Å². The van der Waals surface area contributed by atoms with Crippen molar-refractivity contribution in [1.29, 1.82) is 0 Å². The molecule has 0 aromatic carbocycles. The first-order valence-corrected chi connectivity index (χ1v) is 10.2. The van der Waals surface area contributed by atoms with Crippen LogP contribution in [0, 0.1) is 5.41 Å². The van der Waals surface area contributed by atoms with E-state index in [-0.39, 0.29) is 6.04 Å². The van der Waals surface area contributed by atoms with Gasteiger partial charge in [0.2, 0.25) is 0 Å². The SMILES string of the molecule is CC1SCC(c2nc3c(s2)C(N)CC(C)(C)C3)SC1C. The number of fused-ring (bicyclic) bond motifs is 1. The molecule has 2 N–H and O–H groups in total. The predicted molar refractivity (Wildman–Crippen MR) is 92.9 cm³/mol. The van der Waals surface area contributed by atoms with Gasteiger partial charge in [0, 0.05) is 27.2 Å². The van der Waals surface area contributed by atoms with Gasteiger partial charge >= 0.3 is 0 Å². The molecule has 1 aromatic rings. The van der Waals surface area contributed by atoms with E-state index in [1.807, 2.05) is 11.3 Å². The fourth-order valence-electron chi connectivity index (χ4n) is 3.06. The van der Waals surface area contributed by atoms with E-state index in [1.165, 1.54) is 21.3 Å². The normalized spacial score (nSPS) is 36.6. The van der Waals surface area contributed by atoms with E-state index in [9.17, 15) is 0 Å². The van der Waals surface area contributed by atoms with Crippen LogP contribution in [0.2, 0.25) is 0 Å². The van der Waals surface area contributed by atoms with Crippen LogP contribution in [0.25, 0.3) is 0 Å². The second kappa shape index (κ2) is 5.49. The summed E-state index contributed by atoms with van der Waals surface area (Å²) in [5.74, 6) is 1.20. The molecule has 0 spiro atoms. The van der Waals surface area contributed by atoms with Crippen molar-refractivity contribution in [3.63, 3.8) is 0 Å². The zero-order valence-corrected chi connectivity index (χ0v) is 15.1. The molecular weight excluding hydrogens is 304 g/mol. The summed E-state index contributed by atoms with van der Waals surface area (Å²) >= 11 is 6.07. The quantitative estimate of drug-likeness (QED) is 0.828. The van der Waals surface area contributed by atoms with Crippen LogP contribution in [-0.4, -0.2) is 21.2 Å². The average Bonchev–Trinajstić information content (AvgIpc) is 2.75. The number of rotatable bonds is 1. The second-order valence-electron chi connectivity index (χ2n) is 6.88. The standard InChI is InChI=1S/C15H24N2S3/c1-8-9(2)19-12(7-18-8)14-17-11-6-15(3,4)5-10(16)13(11)20-14/h8-10,12H,5-7,16H2,1-4H3. The molecule has 1 fully saturated rings. The lowest BCUT2D eigenvalue weighted by atomic mass is 9.77. The molecule has 2 heterocycles. The second-order valence-corrected chi connectivity index (χ2v) is 10.9.